The van der Waals surface area contributed by atoms with Gasteiger partial charge in [-0.2, -0.15) is 0 Å². The largest absolute Gasteiger partial charge is 0.354 e. The number of amides is 1. The van der Waals surface area contributed by atoms with Gasteiger partial charge in [0.1, 0.15) is 5.82 Å². The maximum Gasteiger partial charge on any atom is 0.252 e. The molecule has 1 aromatic heterocycles. The summed E-state index contributed by atoms with van der Waals surface area (Å²) in [4.78, 5) is 12.6. The van der Waals surface area contributed by atoms with E-state index in [1.807, 2.05) is 30.3 Å². The second-order valence-corrected chi connectivity index (χ2v) is 7.96. The highest BCUT2D eigenvalue weighted by molar-refractivity contribution is 9.10. The lowest BCUT2D eigenvalue weighted by Crippen LogP contribution is -2.20. The molecule has 3 aromatic carbocycles. The second-order valence-electron chi connectivity index (χ2n) is 6.64. The number of anilines is 2. The quantitative estimate of drug-likeness (QED) is 0.386. The monoisotopic (exact) mass is 471 g/mol. The van der Waals surface area contributed by atoms with Crippen LogP contribution in [0.15, 0.2) is 63.6 Å². The summed E-state index contributed by atoms with van der Waals surface area (Å²) in [7, 11) is 0. The number of hydrogen-bond acceptors (Lipinski definition) is 4. The molecule has 2 N–H and O–H groups in total. The normalized spacial score (nSPS) is 15.4. The minimum absolute atomic E-state index is 0.264. The molecule has 1 aliphatic rings. The van der Waals surface area contributed by atoms with Gasteiger partial charge in [-0.25, -0.2) is 4.39 Å². The lowest BCUT2D eigenvalue weighted by molar-refractivity contribution is 0.0960. The van der Waals surface area contributed by atoms with Gasteiger partial charge in [-0.1, -0.05) is 44.8 Å². The number of aromatic nitrogens is 1. The number of halogens is 3. The van der Waals surface area contributed by atoms with Crippen LogP contribution in [-0.2, 0) is 0 Å². The first kappa shape index (κ1) is 18.1. The summed E-state index contributed by atoms with van der Waals surface area (Å²) in [6.07, 6.45) is 0. The van der Waals surface area contributed by atoms with E-state index in [4.69, 9.17) is 16.1 Å². The summed E-state index contributed by atoms with van der Waals surface area (Å²) >= 11 is 9.77. The number of hydrogen-bond donors (Lipinski definition) is 2. The highest BCUT2D eigenvalue weighted by Gasteiger charge is 2.34. The fraction of sp³-hybridized carbons (Fsp3) is 0.0476. The van der Waals surface area contributed by atoms with Crippen molar-refractivity contribution in [2.24, 2.45) is 0 Å². The Morgan fingerprint density at radius 1 is 1.17 bits per heavy atom. The number of nitrogens with one attached hydrogen (secondary N) is 2. The lowest BCUT2D eigenvalue weighted by Gasteiger charge is -2.18. The van der Waals surface area contributed by atoms with Gasteiger partial charge in [0, 0.05) is 31.9 Å². The topological polar surface area (TPSA) is 67.2 Å². The minimum Gasteiger partial charge on any atom is -0.354 e. The second kappa shape index (κ2) is 6.86. The Labute approximate surface area is 178 Å². The van der Waals surface area contributed by atoms with Gasteiger partial charge in [-0.15, -0.1) is 0 Å². The van der Waals surface area contributed by atoms with Gasteiger partial charge in [-0.3, -0.25) is 4.79 Å². The maximum atomic E-state index is 13.9. The average molecular weight is 473 g/mol. The van der Waals surface area contributed by atoms with Crippen molar-refractivity contribution in [3.8, 4) is 0 Å². The van der Waals surface area contributed by atoms with Crippen molar-refractivity contribution in [3.63, 3.8) is 0 Å². The molecule has 8 heteroatoms. The van der Waals surface area contributed by atoms with E-state index in [1.165, 1.54) is 18.2 Å². The summed E-state index contributed by atoms with van der Waals surface area (Å²) in [5.74, 6) is -0.176. The van der Waals surface area contributed by atoms with Crippen LogP contribution >= 0.6 is 27.5 Å². The highest BCUT2D eigenvalue weighted by Crippen LogP contribution is 2.42. The number of nitrogens with zero attached hydrogens (tertiary/aromatic N) is 1. The van der Waals surface area contributed by atoms with Gasteiger partial charge >= 0.3 is 0 Å². The zero-order valence-electron chi connectivity index (χ0n) is 14.7. The van der Waals surface area contributed by atoms with E-state index in [2.05, 4.69) is 31.7 Å². The molecule has 1 unspecified atom stereocenters. The molecule has 4 aromatic rings. The number of fused-ring (bicyclic) bond motifs is 2. The first-order valence-electron chi connectivity index (χ1n) is 8.72. The molecule has 0 aliphatic carbocycles. The van der Waals surface area contributed by atoms with E-state index in [0.29, 0.717) is 43.3 Å². The molecule has 5 nitrogen and oxygen atoms in total. The smallest absolute Gasteiger partial charge is 0.252 e. The summed E-state index contributed by atoms with van der Waals surface area (Å²) in [5.41, 5.74) is 2.89. The first-order chi connectivity index (χ1) is 14.0. The summed E-state index contributed by atoms with van der Waals surface area (Å²) in [6, 6.07) is 14.5. The molecule has 1 atom stereocenters. The third kappa shape index (κ3) is 3.07. The van der Waals surface area contributed by atoms with Crippen molar-refractivity contribution in [1.29, 1.82) is 0 Å². The predicted octanol–water partition coefficient (Wildman–Crippen LogP) is 5.96. The van der Waals surface area contributed by atoms with Crippen molar-refractivity contribution in [2.75, 3.05) is 5.32 Å². The van der Waals surface area contributed by atoms with E-state index >= 15 is 0 Å². The van der Waals surface area contributed by atoms with Crippen LogP contribution in [0, 0.1) is 5.82 Å². The Kier molecular flexibility index (Phi) is 4.29. The molecule has 1 amide bonds. The third-order valence-corrected chi connectivity index (χ3v) is 5.66. The van der Waals surface area contributed by atoms with Crippen LogP contribution in [-0.4, -0.2) is 11.1 Å². The van der Waals surface area contributed by atoms with Crippen LogP contribution < -0.4 is 10.6 Å². The number of benzene rings is 3. The van der Waals surface area contributed by atoms with Gasteiger partial charge in [0.05, 0.1) is 11.4 Å². The molecule has 0 saturated carbocycles. The molecule has 1 aliphatic heterocycles. The van der Waals surface area contributed by atoms with E-state index in [0.717, 1.165) is 5.39 Å². The SMILES string of the molecule is O=C1NC(c2cc(F)ccc2Cl)c2c(Nc3noc4ccccc34)cc(Br)cc21. The standard InChI is InChI=1S/C21H12BrClFN3O2/c22-10-7-14-18(19(26-21(14)28)13-9-11(24)5-6-15(13)23)16(8-10)25-20-12-3-1-2-4-17(12)29-27-20/h1-9,19H,(H,25,27)(H,26,28). The van der Waals surface area contributed by atoms with Crippen molar-refractivity contribution in [2.45, 2.75) is 6.04 Å². The zero-order chi connectivity index (χ0) is 20.1. The van der Waals surface area contributed by atoms with Crippen molar-refractivity contribution >= 4 is 55.9 Å². The predicted molar refractivity (Wildman–Crippen MR) is 112 cm³/mol. The summed E-state index contributed by atoms with van der Waals surface area (Å²) in [6.45, 7) is 0. The number of carbonyl (C=O) groups is 1. The van der Waals surface area contributed by atoms with E-state index in [9.17, 15) is 9.18 Å². The van der Waals surface area contributed by atoms with Crippen LogP contribution in [0.2, 0.25) is 5.02 Å². The van der Waals surface area contributed by atoms with Crippen molar-refractivity contribution in [1.82, 2.24) is 10.5 Å². The first-order valence-corrected chi connectivity index (χ1v) is 9.89. The van der Waals surface area contributed by atoms with Crippen LogP contribution in [0.3, 0.4) is 0 Å². The Bertz CT molecular complexity index is 1290. The Morgan fingerprint density at radius 3 is 2.86 bits per heavy atom. The molecule has 2 heterocycles. The Morgan fingerprint density at radius 2 is 2.00 bits per heavy atom. The number of carbonyl (C=O) groups excluding carboxylic acids is 1. The molecule has 0 saturated heterocycles. The van der Waals surface area contributed by atoms with Crippen LogP contribution in [0.4, 0.5) is 15.9 Å². The Balaban J connectivity index is 1.67. The molecule has 144 valence electrons. The maximum absolute atomic E-state index is 13.9. The van der Waals surface area contributed by atoms with Gasteiger partial charge in [0.25, 0.3) is 5.91 Å². The molecular weight excluding hydrogens is 461 g/mol. The molecule has 0 bridgehead atoms. The van der Waals surface area contributed by atoms with Gasteiger partial charge < -0.3 is 15.2 Å². The van der Waals surface area contributed by atoms with Gasteiger partial charge in [0.2, 0.25) is 0 Å². The van der Waals surface area contributed by atoms with Crippen LogP contribution in [0.1, 0.15) is 27.5 Å². The van der Waals surface area contributed by atoms with Gasteiger partial charge in [0.15, 0.2) is 11.4 Å². The average Bonchev–Trinajstić information content (AvgIpc) is 3.25. The van der Waals surface area contributed by atoms with Crippen molar-refractivity contribution in [3.05, 3.63) is 86.6 Å². The van der Waals surface area contributed by atoms with Gasteiger partial charge in [-0.05, 0) is 42.5 Å². The molecule has 5 rings (SSSR count). The minimum atomic E-state index is -0.602. The van der Waals surface area contributed by atoms with E-state index in [1.54, 1.807) is 6.07 Å². The molecule has 29 heavy (non-hydrogen) atoms. The summed E-state index contributed by atoms with van der Waals surface area (Å²) in [5, 5.41) is 11.4. The zero-order valence-corrected chi connectivity index (χ0v) is 17.0. The van der Waals surface area contributed by atoms with Crippen LogP contribution in [0.25, 0.3) is 11.0 Å². The fourth-order valence-electron chi connectivity index (χ4n) is 3.57. The van der Waals surface area contributed by atoms with Crippen LogP contribution in [0.5, 0.6) is 0 Å². The fourth-order valence-corrected chi connectivity index (χ4v) is 4.26. The molecule has 0 fully saturated rings. The molecule has 0 radical (unpaired) electrons. The molecular formula is C21H12BrClFN3O2. The Hall–Kier alpha value is -2.90. The van der Waals surface area contributed by atoms with Crippen molar-refractivity contribution < 1.29 is 13.7 Å². The highest BCUT2D eigenvalue weighted by atomic mass is 79.9. The van der Waals surface area contributed by atoms with E-state index < -0.39 is 11.9 Å². The van der Waals surface area contributed by atoms with E-state index in [-0.39, 0.29) is 5.91 Å². The third-order valence-electron chi connectivity index (χ3n) is 4.85. The molecule has 0 spiro atoms. The number of para-hydroxylation sites is 1. The lowest BCUT2D eigenvalue weighted by atomic mass is 9.96. The summed E-state index contributed by atoms with van der Waals surface area (Å²) < 4.78 is 20.0. The number of rotatable bonds is 3.